The van der Waals surface area contributed by atoms with E-state index in [-0.39, 0.29) is 35.9 Å². The summed E-state index contributed by atoms with van der Waals surface area (Å²) < 4.78 is 8.95. The van der Waals surface area contributed by atoms with Crippen molar-refractivity contribution in [2.75, 3.05) is 6.54 Å². The largest absolute Gasteiger partial charge is 0.354 e. The summed E-state index contributed by atoms with van der Waals surface area (Å²) in [4.78, 5) is 32.4. The molecular weight excluding hydrogens is 406 g/mol. The summed E-state index contributed by atoms with van der Waals surface area (Å²) in [6, 6.07) is 0. The van der Waals surface area contributed by atoms with Crippen molar-refractivity contribution < 1.29 is 9.32 Å². The van der Waals surface area contributed by atoms with Crippen molar-refractivity contribution in [3.63, 3.8) is 0 Å². The highest BCUT2D eigenvalue weighted by atomic mass is 79.9. The zero-order valence-electron chi connectivity index (χ0n) is 13.9. The molecule has 0 saturated carbocycles. The van der Waals surface area contributed by atoms with Crippen LogP contribution in [0.25, 0.3) is 11.5 Å². The van der Waals surface area contributed by atoms with Gasteiger partial charge in [-0.05, 0) is 22.9 Å². The minimum atomic E-state index is -0.335. The molecule has 1 amide bonds. The first kappa shape index (κ1) is 18.0. The van der Waals surface area contributed by atoms with Gasteiger partial charge >= 0.3 is 0 Å². The average molecular weight is 422 g/mol. The van der Waals surface area contributed by atoms with E-state index in [4.69, 9.17) is 4.52 Å². The molecule has 26 heavy (non-hydrogen) atoms. The van der Waals surface area contributed by atoms with E-state index in [1.165, 1.54) is 17.1 Å². The Labute approximate surface area is 156 Å². The lowest BCUT2D eigenvalue weighted by Crippen LogP contribution is -2.30. The molecule has 0 saturated heterocycles. The molecule has 0 aliphatic rings. The first-order chi connectivity index (χ1) is 12.5. The van der Waals surface area contributed by atoms with Crippen LogP contribution in [0.4, 0.5) is 0 Å². The SMILES string of the molecule is Cc1noc(-c2cncn(CCC(=O)NCCn3cc(Br)cn3)c2=O)n1. The minimum Gasteiger partial charge on any atom is -0.354 e. The van der Waals surface area contributed by atoms with Crippen LogP contribution in [0.2, 0.25) is 0 Å². The summed E-state index contributed by atoms with van der Waals surface area (Å²) in [5, 5.41) is 10.6. The monoisotopic (exact) mass is 421 g/mol. The van der Waals surface area contributed by atoms with Gasteiger partial charge in [0.15, 0.2) is 5.82 Å². The molecule has 10 nitrogen and oxygen atoms in total. The highest BCUT2D eigenvalue weighted by Gasteiger charge is 2.13. The zero-order chi connectivity index (χ0) is 18.5. The number of amides is 1. The van der Waals surface area contributed by atoms with Gasteiger partial charge in [0.25, 0.3) is 11.4 Å². The van der Waals surface area contributed by atoms with Crippen LogP contribution in [0, 0.1) is 6.92 Å². The van der Waals surface area contributed by atoms with Gasteiger partial charge in [0.1, 0.15) is 5.56 Å². The van der Waals surface area contributed by atoms with Gasteiger partial charge in [-0.15, -0.1) is 0 Å². The number of hydrogen-bond donors (Lipinski definition) is 1. The maximum absolute atomic E-state index is 12.4. The lowest BCUT2D eigenvalue weighted by atomic mass is 10.3. The van der Waals surface area contributed by atoms with E-state index in [0.717, 1.165) is 4.47 Å². The van der Waals surface area contributed by atoms with Crippen molar-refractivity contribution in [1.29, 1.82) is 0 Å². The molecule has 0 spiro atoms. The highest BCUT2D eigenvalue weighted by Crippen LogP contribution is 2.10. The quantitative estimate of drug-likeness (QED) is 0.597. The number of hydrogen-bond acceptors (Lipinski definition) is 7. The van der Waals surface area contributed by atoms with Gasteiger partial charge < -0.3 is 9.84 Å². The third-order valence-electron chi connectivity index (χ3n) is 3.50. The maximum atomic E-state index is 12.4. The highest BCUT2D eigenvalue weighted by molar-refractivity contribution is 9.10. The van der Waals surface area contributed by atoms with Gasteiger partial charge in [0, 0.05) is 31.9 Å². The molecule has 0 bridgehead atoms. The molecule has 3 heterocycles. The molecule has 1 N–H and O–H groups in total. The molecule has 3 rings (SSSR count). The number of aromatic nitrogens is 6. The fourth-order valence-electron chi connectivity index (χ4n) is 2.24. The van der Waals surface area contributed by atoms with Gasteiger partial charge in [-0.3, -0.25) is 18.8 Å². The Balaban J connectivity index is 1.54. The van der Waals surface area contributed by atoms with Crippen LogP contribution in [-0.2, 0) is 17.9 Å². The molecule has 11 heteroatoms. The lowest BCUT2D eigenvalue weighted by molar-refractivity contribution is -0.121. The standard InChI is InChI=1S/C15H16BrN7O3/c1-10-20-14(26-21-10)12-7-17-9-22(15(12)25)4-2-13(24)18-3-5-23-8-11(16)6-19-23/h6-9H,2-5H2,1H3,(H,18,24). The van der Waals surface area contributed by atoms with Crippen LogP contribution in [0.5, 0.6) is 0 Å². The lowest BCUT2D eigenvalue weighted by Gasteiger charge is -2.07. The number of nitrogens with zero attached hydrogens (tertiary/aromatic N) is 6. The van der Waals surface area contributed by atoms with Crippen LogP contribution in [-0.4, -0.2) is 41.9 Å². The second-order valence-corrected chi connectivity index (χ2v) is 6.39. The Morgan fingerprint density at radius 2 is 2.19 bits per heavy atom. The van der Waals surface area contributed by atoms with Crippen LogP contribution in [0.1, 0.15) is 12.2 Å². The summed E-state index contributed by atoms with van der Waals surface area (Å²) in [5.41, 5.74) is -0.129. The van der Waals surface area contributed by atoms with Gasteiger partial charge in [0.05, 0.1) is 23.5 Å². The number of aryl methyl sites for hydroxylation is 2. The van der Waals surface area contributed by atoms with Crippen molar-refractivity contribution in [2.45, 2.75) is 26.4 Å². The number of nitrogens with one attached hydrogen (secondary N) is 1. The van der Waals surface area contributed by atoms with Crippen molar-refractivity contribution in [3.8, 4) is 11.5 Å². The Morgan fingerprint density at radius 3 is 2.88 bits per heavy atom. The van der Waals surface area contributed by atoms with Crippen molar-refractivity contribution in [1.82, 2.24) is 34.8 Å². The molecule has 0 radical (unpaired) electrons. The van der Waals surface area contributed by atoms with Crippen molar-refractivity contribution in [2.24, 2.45) is 0 Å². The molecule has 0 fully saturated rings. The molecule has 3 aromatic rings. The van der Waals surface area contributed by atoms with Crippen LogP contribution in [0.15, 0.2) is 38.7 Å². The van der Waals surface area contributed by atoms with Crippen LogP contribution >= 0.6 is 15.9 Å². The van der Waals surface area contributed by atoms with Gasteiger partial charge in [-0.25, -0.2) is 4.98 Å². The zero-order valence-corrected chi connectivity index (χ0v) is 15.5. The minimum absolute atomic E-state index is 0.115. The molecule has 0 aromatic carbocycles. The van der Waals surface area contributed by atoms with E-state index in [2.05, 4.69) is 41.5 Å². The first-order valence-corrected chi connectivity index (χ1v) is 8.62. The fraction of sp³-hybridized carbons (Fsp3) is 0.333. The van der Waals surface area contributed by atoms with Gasteiger partial charge in [-0.2, -0.15) is 10.1 Å². The van der Waals surface area contributed by atoms with E-state index >= 15 is 0 Å². The third kappa shape index (κ3) is 4.42. The topological polar surface area (TPSA) is 121 Å². The molecule has 0 aliphatic heterocycles. The summed E-state index contributed by atoms with van der Waals surface area (Å²) in [7, 11) is 0. The molecule has 0 unspecified atom stereocenters. The van der Waals surface area contributed by atoms with Crippen molar-refractivity contribution in [3.05, 3.63) is 45.6 Å². The smallest absolute Gasteiger partial charge is 0.266 e. The maximum Gasteiger partial charge on any atom is 0.266 e. The predicted molar refractivity (Wildman–Crippen MR) is 94.1 cm³/mol. The molecular formula is C15H16BrN7O3. The first-order valence-electron chi connectivity index (χ1n) is 7.82. The van der Waals surface area contributed by atoms with Gasteiger partial charge in [-0.1, -0.05) is 5.16 Å². The summed E-state index contributed by atoms with van der Waals surface area (Å²) in [6.45, 7) is 2.87. The molecule has 0 atom stereocenters. The number of carbonyl (C=O) groups is 1. The Bertz CT molecular complexity index is 962. The average Bonchev–Trinajstić information content (AvgIpc) is 3.22. The summed E-state index contributed by atoms with van der Waals surface area (Å²) in [5.74, 6) is 0.379. The molecule has 3 aromatic heterocycles. The van der Waals surface area contributed by atoms with Crippen LogP contribution in [0.3, 0.4) is 0 Å². The van der Waals surface area contributed by atoms with E-state index in [1.54, 1.807) is 17.8 Å². The van der Waals surface area contributed by atoms with Crippen molar-refractivity contribution >= 4 is 21.8 Å². The summed E-state index contributed by atoms with van der Waals surface area (Å²) in [6.07, 6.45) is 6.40. The number of carbonyl (C=O) groups excluding carboxylic acids is 1. The normalized spacial score (nSPS) is 10.8. The molecule has 0 aliphatic carbocycles. The van der Waals surface area contributed by atoms with Crippen LogP contribution < -0.4 is 10.9 Å². The summed E-state index contributed by atoms with van der Waals surface area (Å²) >= 11 is 3.31. The Morgan fingerprint density at radius 1 is 1.35 bits per heavy atom. The van der Waals surface area contributed by atoms with Gasteiger partial charge in [0.2, 0.25) is 5.91 Å². The predicted octanol–water partition coefficient (Wildman–Crippen LogP) is 0.767. The third-order valence-corrected chi connectivity index (χ3v) is 3.91. The second kappa shape index (κ2) is 8.04. The van der Waals surface area contributed by atoms with E-state index < -0.39 is 0 Å². The fourth-order valence-corrected chi connectivity index (χ4v) is 2.57. The Kier molecular flexibility index (Phi) is 5.56. The number of halogens is 1. The Hall–Kier alpha value is -2.82. The van der Waals surface area contributed by atoms with E-state index in [1.807, 2.05) is 6.20 Å². The van der Waals surface area contributed by atoms with E-state index in [0.29, 0.717) is 18.9 Å². The second-order valence-electron chi connectivity index (χ2n) is 5.47. The number of rotatable bonds is 7. The molecule has 136 valence electrons. The van der Waals surface area contributed by atoms with E-state index in [9.17, 15) is 9.59 Å².